The summed E-state index contributed by atoms with van der Waals surface area (Å²) in [6, 6.07) is 10.2. The highest BCUT2D eigenvalue weighted by atomic mass is 16.5. The molecule has 3 rings (SSSR count). The van der Waals surface area contributed by atoms with Crippen LogP contribution >= 0.6 is 0 Å². The molecule has 116 valence electrons. The molecule has 1 aromatic heterocycles. The number of rotatable bonds is 6. The van der Waals surface area contributed by atoms with Crippen LogP contribution in [-0.4, -0.2) is 27.3 Å². The van der Waals surface area contributed by atoms with Crippen LogP contribution in [0.15, 0.2) is 30.3 Å². The second-order valence-corrected chi connectivity index (χ2v) is 5.49. The lowest BCUT2D eigenvalue weighted by molar-refractivity contribution is -0.117. The number of primary amides is 1. The van der Waals surface area contributed by atoms with Crippen molar-refractivity contribution in [2.75, 3.05) is 6.61 Å². The van der Waals surface area contributed by atoms with Crippen molar-refractivity contribution in [2.45, 2.75) is 38.3 Å². The Labute approximate surface area is 129 Å². The molecule has 6 heteroatoms. The van der Waals surface area contributed by atoms with Crippen LogP contribution < -0.4 is 5.73 Å². The van der Waals surface area contributed by atoms with E-state index >= 15 is 0 Å². The van der Waals surface area contributed by atoms with Gasteiger partial charge >= 0.3 is 0 Å². The molecule has 0 radical (unpaired) electrons. The third-order valence-corrected chi connectivity index (χ3v) is 3.75. The van der Waals surface area contributed by atoms with Gasteiger partial charge in [0.2, 0.25) is 5.91 Å². The molecule has 0 bridgehead atoms. The van der Waals surface area contributed by atoms with Crippen LogP contribution in [0.4, 0.5) is 0 Å². The summed E-state index contributed by atoms with van der Waals surface area (Å²) in [4.78, 5) is 15.6. The van der Waals surface area contributed by atoms with Gasteiger partial charge in [0, 0.05) is 13.2 Å². The number of nitrogens with zero attached hydrogens (tertiary/aromatic N) is 3. The number of carbonyl (C=O) groups is 1. The van der Waals surface area contributed by atoms with E-state index in [1.54, 1.807) is 0 Å². The van der Waals surface area contributed by atoms with Crippen molar-refractivity contribution < 1.29 is 9.53 Å². The van der Waals surface area contributed by atoms with Gasteiger partial charge in [-0.2, -0.15) is 5.10 Å². The molecule has 6 nitrogen and oxygen atoms in total. The van der Waals surface area contributed by atoms with Gasteiger partial charge < -0.3 is 10.5 Å². The lowest BCUT2D eigenvalue weighted by Gasteiger charge is -2.10. The number of aryl methyl sites for hydroxylation is 2. The molecule has 0 saturated carbocycles. The fourth-order valence-corrected chi connectivity index (χ4v) is 2.70. The SMILES string of the molecule is NC(=O)Cc1nc([C@H]2CCCO2)n(CCc2ccccc2)n1. The van der Waals surface area contributed by atoms with Crippen molar-refractivity contribution in [2.24, 2.45) is 5.73 Å². The first kappa shape index (κ1) is 14.7. The number of nitrogens with two attached hydrogens (primary N) is 1. The minimum atomic E-state index is -0.418. The van der Waals surface area contributed by atoms with Crippen LogP contribution in [0.1, 0.15) is 36.2 Å². The fourth-order valence-electron chi connectivity index (χ4n) is 2.70. The van der Waals surface area contributed by atoms with Crippen LogP contribution in [0, 0.1) is 0 Å². The average molecular weight is 300 g/mol. The van der Waals surface area contributed by atoms with E-state index in [9.17, 15) is 4.79 Å². The van der Waals surface area contributed by atoms with Crippen LogP contribution in [-0.2, 0) is 28.9 Å². The Bertz CT molecular complexity index is 633. The van der Waals surface area contributed by atoms with E-state index in [1.807, 2.05) is 22.9 Å². The number of ether oxygens (including phenoxy) is 1. The van der Waals surface area contributed by atoms with Crippen molar-refractivity contribution in [3.05, 3.63) is 47.5 Å². The Kier molecular flexibility index (Phi) is 4.48. The number of carbonyl (C=O) groups excluding carboxylic acids is 1. The number of hydrogen-bond donors (Lipinski definition) is 1. The van der Waals surface area contributed by atoms with Crippen LogP contribution in [0.25, 0.3) is 0 Å². The zero-order valence-corrected chi connectivity index (χ0v) is 12.4. The quantitative estimate of drug-likeness (QED) is 0.874. The van der Waals surface area contributed by atoms with Crippen molar-refractivity contribution in [3.63, 3.8) is 0 Å². The highest BCUT2D eigenvalue weighted by Gasteiger charge is 2.24. The number of aromatic nitrogens is 3. The summed E-state index contributed by atoms with van der Waals surface area (Å²) in [5.74, 6) is 0.870. The Morgan fingerprint density at radius 2 is 2.18 bits per heavy atom. The molecule has 0 spiro atoms. The number of amides is 1. The van der Waals surface area contributed by atoms with Gasteiger partial charge in [-0.3, -0.25) is 4.79 Å². The van der Waals surface area contributed by atoms with Gasteiger partial charge in [-0.25, -0.2) is 9.67 Å². The minimum Gasteiger partial charge on any atom is -0.370 e. The van der Waals surface area contributed by atoms with Gasteiger partial charge in [-0.05, 0) is 24.8 Å². The lowest BCUT2D eigenvalue weighted by Crippen LogP contribution is -2.15. The first-order chi connectivity index (χ1) is 10.7. The largest absolute Gasteiger partial charge is 0.370 e. The first-order valence-corrected chi connectivity index (χ1v) is 7.60. The van der Waals surface area contributed by atoms with Crippen molar-refractivity contribution >= 4 is 5.91 Å². The lowest BCUT2D eigenvalue weighted by atomic mass is 10.1. The second-order valence-electron chi connectivity index (χ2n) is 5.49. The molecule has 1 saturated heterocycles. The van der Waals surface area contributed by atoms with E-state index < -0.39 is 5.91 Å². The van der Waals surface area contributed by atoms with E-state index in [1.165, 1.54) is 5.56 Å². The maximum Gasteiger partial charge on any atom is 0.225 e. The average Bonchev–Trinajstić information content (AvgIpc) is 3.14. The summed E-state index contributed by atoms with van der Waals surface area (Å²) < 4.78 is 7.57. The molecule has 1 fully saturated rings. The molecule has 2 aromatic rings. The normalized spacial score (nSPS) is 17.7. The zero-order valence-electron chi connectivity index (χ0n) is 12.4. The van der Waals surface area contributed by atoms with E-state index in [0.717, 1.165) is 31.7 Å². The Hall–Kier alpha value is -2.21. The van der Waals surface area contributed by atoms with Gasteiger partial charge in [-0.1, -0.05) is 30.3 Å². The van der Waals surface area contributed by atoms with Gasteiger partial charge in [0.15, 0.2) is 11.6 Å². The molecule has 2 N–H and O–H groups in total. The summed E-state index contributed by atoms with van der Waals surface area (Å²) in [6.45, 7) is 1.46. The molecule has 0 unspecified atom stereocenters. The van der Waals surface area contributed by atoms with Gasteiger partial charge in [0.05, 0.1) is 6.42 Å². The molecule has 1 atom stereocenters. The highest BCUT2D eigenvalue weighted by Crippen LogP contribution is 2.27. The summed E-state index contributed by atoms with van der Waals surface area (Å²) in [5.41, 5.74) is 6.49. The maximum absolute atomic E-state index is 11.1. The van der Waals surface area contributed by atoms with E-state index in [-0.39, 0.29) is 12.5 Å². The molecule has 0 aliphatic carbocycles. The molecule has 1 aliphatic rings. The third kappa shape index (κ3) is 3.51. The van der Waals surface area contributed by atoms with Crippen LogP contribution in [0.2, 0.25) is 0 Å². The van der Waals surface area contributed by atoms with Gasteiger partial charge in [0.25, 0.3) is 0 Å². The third-order valence-electron chi connectivity index (χ3n) is 3.75. The van der Waals surface area contributed by atoms with Crippen LogP contribution in [0.3, 0.4) is 0 Å². The van der Waals surface area contributed by atoms with Crippen molar-refractivity contribution in [3.8, 4) is 0 Å². The zero-order chi connectivity index (χ0) is 15.4. The molecule has 1 aliphatic heterocycles. The molecule has 1 amide bonds. The minimum absolute atomic E-state index is 0.0232. The van der Waals surface area contributed by atoms with Crippen molar-refractivity contribution in [1.29, 1.82) is 0 Å². The second kappa shape index (κ2) is 6.70. The Morgan fingerprint density at radius 3 is 2.86 bits per heavy atom. The predicted molar refractivity (Wildman–Crippen MR) is 81.0 cm³/mol. The predicted octanol–water partition coefficient (Wildman–Crippen LogP) is 1.40. The van der Waals surface area contributed by atoms with Gasteiger partial charge in [0.1, 0.15) is 6.10 Å². The number of hydrogen-bond acceptors (Lipinski definition) is 4. The summed E-state index contributed by atoms with van der Waals surface area (Å²) >= 11 is 0. The molecule has 22 heavy (non-hydrogen) atoms. The molecular formula is C16H20N4O2. The molecule has 2 heterocycles. The van der Waals surface area contributed by atoms with E-state index in [4.69, 9.17) is 10.5 Å². The standard InChI is InChI=1S/C16H20N4O2/c17-14(21)11-15-18-16(13-7-4-10-22-13)20(19-15)9-8-12-5-2-1-3-6-12/h1-3,5-6,13H,4,7-11H2,(H2,17,21)/t13-/m1/s1. The molecular weight excluding hydrogens is 280 g/mol. The van der Waals surface area contributed by atoms with E-state index in [0.29, 0.717) is 12.4 Å². The molecule has 1 aromatic carbocycles. The van der Waals surface area contributed by atoms with Crippen molar-refractivity contribution in [1.82, 2.24) is 14.8 Å². The monoisotopic (exact) mass is 300 g/mol. The highest BCUT2D eigenvalue weighted by molar-refractivity contribution is 5.75. The topological polar surface area (TPSA) is 83.0 Å². The Balaban J connectivity index is 1.77. The number of benzene rings is 1. The summed E-state index contributed by atoms with van der Waals surface area (Å²) in [7, 11) is 0. The summed E-state index contributed by atoms with van der Waals surface area (Å²) in [5, 5.41) is 4.43. The fraction of sp³-hybridized carbons (Fsp3) is 0.438. The van der Waals surface area contributed by atoms with Gasteiger partial charge in [-0.15, -0.1) is 0 Å². The first-order valence-electron chi connectivity index (χ1n) is 7.60. The smallest absolute Gasteiger partial charge is 0.225 e. The van der Waals surface area contributed by atoms with E-state index in [2.05, 4.69) is 22.2 Å². The summed E-state index contributed by atoms with van der Waals surface area (Å²) in [6.07, 6.45) is 2.88. The van der Waals surface area contributed by atoms with Crippen LogP contribution in [0.5, 0.6) is 0 Å². The Morgan fingerprint density at radius 1 is 1.36 bits per heavy atom. The maximum atomic E-state index is 11.1.